The Bertz CT molecular complexity index is 1120. The van der Waals surface area contributed by atoms with E-state index in [-0.39, 0.29) is 24.2 Å². The number of sulfonamides is 1. The number of benzene rings is 2. The second-order valence-corrected chi connectivity index (χ2v) is 10.7. The Balaban J connectivity index is 2.48. The zero-order valence-corrected chi connectivity index (χ0v) is 21.6. The van der Waals surface area contributed by atoms with E-state index in [9.17, 15) is 22.4 Å². The average Bonchev–Trinajstić information content (AvgIpc) is 2.74. The maximum Gasteiger partial charge on any atom is 0.244 e. The highest BCUT2D eigenvalue weighted by atomic mass is 35.5. The number of hydrogen-bond acceptors (Lipinski definition) is 4. The van der Waals surface area contributed by atoms with Gasteiger partial charge in [0, 0.05) is 17.6 Å². The number of nitrogens with zero attached hydrogens (tertiary/aromatic N) is 2. The van der Waals surface area contributed by atoms with Gasteiger partial charge in [0.2, 0.25) is 21.8 Å². The molecule has 0 aliphatic carbocycles. The van der Waals surface area contributed by atoms with E-state index in [1.807, 2.05) is 13.8 Å². The van der Waals surface area contributed by atoms with Gasteiger partial charge in [-0.25, -0.2) is 12.8 Å². The first-order valence-electron chi connectivity index (χ1n) is 10.9. The molecule has 0 saturated carbocycles. The van der Waals surface area contributed by atoms with Crippen molar-refractivity contribution in [3.05, 3.63) is 64.4 Å². The van der Waals surface area contributed by atoms with Crippen molar-refractivity contribution in [2.45, 2.75) is 52.7 Å². The summed E-state index contributed by atoms with van der Waals surface area (Å²) in [6.45, 7) is 6.54. The number of halogens is 2. The summed E-state index contributed by atoms with van der Waals surface area (Å²) in [6, 6.07) is 9.41. The Morgan fingerprint density at radius 3 is 2.26 bits per heavy atom. The van der Waals surface area contributed by atoms with Crippen LogP contribution in [0.25, 0.3) is 0 Å². The third kappa shape index (κ3) is 7.17. The molecular weight excluding hydrogens is 481 g/mol. The van der Waals surface area contributed by atoms with Gasteiger partial charge < -0.3 is 10.2 Å². The molecule has 1 atom stereocenters. The highest BCUT2D eigenvalue weighted by Crippen LogP contribution is 2.28. The fraction of sp³-hybridized carbons (Fsp3) is 0.417. The number of nitrogens with one attached hydrogen (secondary N) is 1. The zero-order valence-electron chi connectivity index (χ0n) is 20.0. The van der Waals surface area contributed by atoms with Crippen molar-refractivity contribution in [3.63, 3.8) is 0 Å². The first-order chi connectivity index (χ1) is 15.8. The number of hydrogen-bond donors (Lipinski definition) is 1. The van der Waals surface area contributed by atoms with Gasteiger partial charge in [-0.1, -0.05) is 36.7 Å². The maximum absolute atomic E-state index is 13.6. The van der Waals surface area contributed by atoms with Gasteiger partial charge in [-0.3, -0.25) is 13.9 Å². The second-order valence-electron chi connectivity index (χ2n) is 8.39. The van der Waals surface area contributed by atoms with E-state index < -0.39 is 34.3 Å². The molecule has 2 aromatic rings. The van der Waals surface area contributed by atoms with Crippen LogP contribution in [0.4, 0.5) is 10.1 Å². The van der Waals surface area contributed by atoms with Crippen molar-refractivity contribution in [1.29, 1.82) is 0 Å². The zero-order chi connectivity index (χ0) is 25.6. The number of amides is 2. The molecule has 0 unspecified atom stereocenters. The fourth-order valence-electron chi connectivity index (χ4n) is 3.55. The van der Waals surface area contributed by atoms with Crippen molar-refractivity contribution < 1.29 is 22.4 Å². The van der Waals surface area contributed by atoms with Gasteiger partial charge >= 0.3 is 0 Å². The van der Waals surface area contributed by atoms with Crippen LogP contribution in [0, 0.1) is 12.7 Å². The minimum atomic E-state index is -3.86. The van der Waals surface area contributed by atoms with E-state index in [1.54, 1.807) is 32.0 Å². The van der Waals surface area contributed by atoms with Crippen LogP contribution in [0.1, 0.15) is 38.3 Å². The van der Waals surface area contributed by atoms with Crippen LogP contribution in [-0.4, -0.2) is 50.0 Å². The minimum absolute atomic E-state index is 0.00919. The van der Waals surface area contributed by atoms with Crippen molar-refractivity contribution >= 4 is 39.1 Å². The summed E-state index contributed by atoms with van der Waals surface area (Å²) >= 11 is 6.19. The molecule has 0 saturated heterocycles. The highest BCUT2D eigenvalue weighted by Gasteiger charge is 2.32. The van der Waals surface area contributed by atoms with Gasteiger partial charge in [-0.15, -0.1) is 0 Å². The van der Waals surface area contributed by atoms with Crippen LogP contribution in [0.5, 0.6) is 0 Å². The van der Waals surface area contributed by atoms with E-state index >= 15 is 0 Å². The molecule has 0 aliphatic rings. The van der Waals surface area contributed by atoms with Crippen LogP contribution in [0.2, 0.25) is 5.02 Å². The number of carbonyl (C=O) groups is 2. The van der Waals surface area contributed by atoms with Crippen LogP contribution >= 0.6 is 11.6 Å². The summed E-state index contributed by atoms with van der Waals surface area (Å²) in [5, 5.41) is 3.18. The second kappa shape index (κ2) is 11.7. The lowest BCUT2D eigenvalue weighted by atomic mass is 10.1. The van der Waals surface area contributed by atoms with E-state index in [4.69, 9.17) is 11.6 Å². The lowest BCUT2D eigenvalue weighted by Crippen LogP contribution is -2.53. The first-order valence-corrected chi connectivity index (χ1v) is 13.1. The molecule has 0 aliphatic heterocycles. The Labute approximate surface area is 205 Å². The molecule has 2 amide bonds. The molecule has 0 bridgehead atoms. The molecular formula is C24H31ClFN3O4S. The van der Waals surface area contributed by atoms with Crippen LogP contribution in [0.3, 0.4) is 0 Å². The number of carbonyl (C=O) groups excluding carboxylic acids is 2. The largest absolute Gasteiger partial charge is 0.352 e. The topological polar surface area (TPSA) is 86.8 Å². The third-order valence-corrected chi connectivity index (χ3v) is 6.81. The lowest BCUT2D eigenvalue weighted by Gasteiger charge is -2.33. The van der Waals surface area contributed by atoms with Crippen molar-refractivity contribution in [3.8, 4) is 0 Å². The molecule has 1 N–H and O–H groups in total. The van der Waals surface area contributed by atoms with Crippen molar-refractivity contribution in [2.24, 2.45) is 0 Å². The maximum atomic E-state index is 13.6. The van der Waals surface area contributed by atoms with Gasteiger partial charge in [-0.05, 0) is 62.6 Å². The SMILES string of the molecule is CC[C@@H](C(=O)NC(C)C)N(Cc1ccc(F)cc1)C(=O)CN(c1cccc(Cl)c1C)S(C)(=O)=O. The molecule has 0 radical (unpaired) electrons. The quantitative estimate of drug-likeness (QED) is 0.524. The van der Waals surface area contributed by atoms with Gasteiger partial charge in [0.1, 0.15) is 18.4 Å². The molecule has 7 nitrogen and oxygen atoms in total. The minimum Gasteiger partial charge on any atom is -0.352 e. The van der Waals surface area contributed by atoms with Crippen LogP contribution in [-0.2, 0) is 26.2 Å². The predicted octanol–water partition coefficient (Wildman–Crippen LogP) is 3.89. The molecule has 0 heterocycles. The summed E-state index contributed by atoms with van der Waals surface area (Å²) in [7, 11) is -3.86. The van der Waals surface area contributed by atoms with Crippen molar-refractivity contribution in [1.82, 2.24) is 10.2 Å². The van der Waals surface area contributed by atoms with Crippen LogP contribution < -0.4 is 9.62 Å². The molecule has 0 fully saturated rings. The highest BCUT2D eigenvalue weighted by molar-refractivity contribution is 7.92. The first kappa shape index (κ1) is 27.6. The molecule has 10 heteroatoms. The molecule has 0 aromatic heterocycles. The van der Waals surface area contributed by atoms with Gasteiger partial charge in [0.05, 0.1) is 11.9 Å². The van der Waals surface area contributed by atoms with E-state index in [0.29, 0.717) is 22.6 Å². The number of rotatable bonds is 10. The van der Waals surface area contributed by atoms with E-state index in [2.05, 4.69) is 5.32 Å². The molecule has 34 heavy (non-hydrogen) atoms. The summed E-state index contributed by atoms with van der Waals surface area (Å²) in [4.78, 5) is 27.8. The normalized spacial score (nSPS) is 12.4. The molecule has 0 spiro atoms. The Hall–Kier alpha value is -2.65. The molecule has 2 rings (SSSR count). The molecule has 2 aromatic carbocycles. The van der Waals surface area contributed by atoms with Gasteiger partial charge in [0.25, 0.3) is 0 Å². The summed E-state index contributed by atoms with van der Waals surface area (Å²) < 4.78 is 39.7. The van der Waals surface area contributed by atoms with E-state index in [1.165, 1.54) is 29.2 Å². The standard InChI is InChI=1S/C24H31ClFN3O4S/c1-6-21(24(31)27-16(2)3)28(14-18-10-12-19(26)13-11-18)23(30)15-29(34(5,32)33)22-9-7-8-20(25)17(22)4/h7-13,16,21H,6,14-15H2,1-5H3,(H,27,31)/t21-/m0/s1. The summed E-state index contributed by atoms with van der Waals surface area (Å²) in [6.07, 6.45) is 1.31. The summed E-state index contributed by atoms with van der Waals surface area (Å²) in [5.74, 6) is -1.34. The lowest BCUT2D eigenvalue weighted by molar-refractivity contribution is -0.140. The predicted molar refractivity (Wildman–Crippen MR) is 133 cm³/mol. The average molecular weight is 512 g/mol. The Morgan fingerprint density at radius 2 is 1.74 bits per heavy atom. The number of anilines is 1. The van der Waals surface area contributed by atoms with Gasteiger partial charge in [0.15, 0.2) is 0 Å². The van der Waals surface area contributed by atoms with E-state index in [0.717, 1.165) is 10.6 Å². The third-order valence-electron chi connectivity index (χ3n) is 5.27. The Morgan fingerprint density at radius 1 is 1.12 bits per heavy atom. The smallest absolute Gasteiger partial charge is 0.244 e. The van der Waals surface area contributed by atoms with Crippen LogP contribution in [0.15, 0.2) is 42.5 Å². The monoisotopic (exact) mass is 511 g/mol. The fourth-order valence-corrected chi connectivity index (χ4v) is 4.62. The van der Waals surface area contributed by atoms with Gasteiger partial charge in [-0.2, -0.15) is 0 Å². The molecule has 186 valence electrons. The van der Waals surface area contributed by atoms with Crippen molar-refractivity contribution in [2.75, 3.05) is 17.1 Å². The summed E-state index contributed by atoms with van der Waals surface area (Å²) in [5.41, 5.74) is 1.40. The Kier molecular flexibility index (Phi) is 9.46.